The summed E-state index contributed by atoms with van der Waals surface area (Å²) in [6.45, 7) is 1.76. The normalized spacial score (nSPS) is 15.2. The zero-order chi connectivity index (χ0) is 16.6. The van der Waals surface area contributed by atoms with Gasteiger partial charge in [-0.2, -0.15) is 0 Å². The fourth-order valence-corrected chi connectivity index (χ4v) is 2.52. The van der Waals surface area contributed by atoms with Crippen LogP contribution in [0.15, 0.2) is 44.7 Å². The van der Waals surface area contributed by atoms with Crippen molar-refractivity contribution in [2.24, 2.45) is 9.98 Å². The van der Waals surface area contributed by atoms with Crippen LogP contribution in [-0.4, -0.2) is 26.7 Å². The predicted octanol–water partition coefficient (Wildman–Crippen LogP) is 3.10. The van der Waals surface area contributed by atoms with Crippen molar-refractivity contribution >= 4 is 41.9 Å². The van der Waals surface area contributed by atoms with Crippen LogP contribution in [0.1, 0.15) is 12.5 Å². The van der Waals surface area contributed by atoms with Crippen molar-refractivity contribution < 1.29 is 5.11 Å². The molecule has 0 spiro atoms. The Bertz CT molecular complexity index is 984. The number of rotatable bonds is 2. The molecular formula is C15H11ClN4O2S. The molecule has 0 radical (unpaired) electrons. The summed E-state index contributed by atoms with van der Waals surface area (Å²) in [6.07, 6.45) is 2.86. The highest BCUT2D eigenvalue weighted by molar-refractivity contribution is 7.71. The number of benzene rings is 1. The fourth-order valence-electron chi connectivity index (χ4n) is 2.11. The van der Waals surface area contributed by atoms with E-state index in [2.05, 4.69) is 15.0 Å². The SMILES string of the molecule is CC1=NC=NC1=Cc1c(O)n(-c2ccc(Cl)cc2)c(=S)[nH]c1=O. The molecule has 23 heavy (non-hydrogen) atoms. The third-order valence-electron chi connectivity index (χ3n) is 3.31. The van der Waals surface area contributed by atoms with E-state index in [-0.39, 0.29) is 16.2 Å². The number of allylic oxidation sites excluding steroid dienone is 1. The largest absolute Gasteiger partial charge is 0.494 e. The lowest BCUT2D eigenvalue weighted by molar-refractivity contribution is 0.432. The Kier molecular flexibility index (Phi) is 3.97. The van der Waals surface area contributed by atoms with Gasteiger partial charge < -0.3 is 5.11 Å². The summed E-state index contributed by atoms with van der Waals surface area (Å²) in [5, 5.41) is 11.1. The first kappa shape index (κ1) is 15.4. The Morgan fingerprint density at radius 3 is 2.65 bits per heavy atom. The molecule has 1 aliphatic rings. The van der Waals surface area contributed by atoms with Gasteiger partial charge in [-0.1, -0.05) is 11.6 Å². The molecule has 0 atom stereocenters. The van der Waals surface area contributed by atoms with Crippen LogP contribution >= 0.6 is 23.8 Å². The van der Waals surface area contributed by atoms with Gasteiger partial charge in [0.1, 0.15) is 11.9 Å². The lowest BCUT2D eigenvalue weighted by Crippen LogP contribution is -2.16. The highest BCUT2D eigenvalue weighted by Crippen LogP contribution is 2.23. The lowest BCUT2D eigenvalue weighted by atomic mass is 10.2. The lowest BCUT2D eigenvalue weighted by Gasteiger charge is -2.11. The van der Waals surface area contributed by atoms with Gasteiger partial charge in [-0.15, -0.1) is 0 Å². The van der Waals surface area contributed by atoms with Crippen LogP contribution in [0.2, 0.25) is 5.02 Å². The van der Waals surface area contributed by atoms with Crippen molar-refractivity contribution in [3.05, 3.63) is 55.7 Å². The summed E-state index contributed by atoms with van der Waals surface area (Å²) in [7, 11) is 0. The molecule has 8 heteroatoms. The molecule has 0 saturated heterocycles. The van der Waals surface area contributed by atoms with E-state index in [1.165, 1.54) is 17.0 Å². The Balaban J connectivity index is 2.23. The molecule has 1 aromatic carbocycles. The molecule has 3 rings (SSSR count). The van der Waals surface area contributed by atoms with Gasteiger partial charge in [0.05, 0.1) is 17.1 Å². The van der Waals surface area contributed by atoms with E-state index in [4.69, 9.17) is 23.8 Å². The molecule has 0 aliphatic carbocycles. The Labute approximate surface area is 141 Å². The summed E-state index contributed by atoms with van der Waals surface area (Å²) in [4.78, 5) is 22.7. The van der Waals surface area contributed by atoms with Gasteiger partial charge in [-0.25, -0.2) is 9.98 Å². The molecule has 6 nitrogen and oxygen atoms in total. The minimum Gasteiger partial charge on any atom is -0.494 e. The first-order valence-electron chi connectivity index (χ1n) is 6.60. The molecule has 0 unspecified atom stereocenters. The van der Waals surface area contributed by atoms with E-state index in [1.807, 2.05) is 0 Å². The Morgan fingerprint density at radius 2 is 2.04 bits per heavy atom. The molecule has 0 fully saturated rings. The molecule has 0 bridgehead atoms. The zero-order valence-corrected chi connectivity index (χ0v) is 13.5. The first-order chi connectivity index (χ1) is 11.0. The smallest absolute Gasteiger partial charge is 0.262 e. The van der Waals surface area contributed by atoms with Gasteiger partial charge in [0.15, 0.2) is 4.77 Å². The third kappa shape index (κ3) is 2.88. The second-order valence-corrected chi connectivity index (χ2v) is 5.62. The molecule has 2 N–H and O–H groups in total. The second-order valence-electron chi connectivity index (χ2n) is 4.80. The third-order valence-corrected chi connectivity index (χ3v) is 3.84. The van der Waals surface area contributed by atoms with E-state index < -0.39 is 5.56 Å². The van der Waals surface area contributed by atoms with Crippen molar-refractivity contribution in [1.82, 2.24) is 9.55 Å². The highest BCUT2D eigenvalue weighted by Gasteiger charge is 2.15. The number of aromatic hydroxyl groups is 1. The Hall–Kier alpha value is -2.51. The van der Waals surface area contributed by atoms with Gasteiger partial charge in [-0.3, -0.25) is 14.3 Å². The molecule has 116 valence electrons. The maximum atomic E-state index is 12.1. The van der Waals surface area contributed by atoms with Crippen LogP contribution in [0.4, 0.5) is 0 Å². The van der Waals surface area contributed by atoms with E-state index in [9.17, 15) is 9.90 Å². The van der Waals surface area contributed by atoms with Crippen LogP contribution in [-0.2, 0) is 0 Å². The van der Waals surface area contributed by atoms with Crippen LogP contribution in [0.3, 0.4) is 0 Å². The maximum absolute atomic E-state index is 12.1. The molecule has 1 aliphatic heterocycles. The average molecular weight is 347 g/mol. The molecule has 0 amide bonds. The van der Waals surface area contributed by atoms with Crippen LogP contribution in [0, 0.1) is 4.77 Å². The summed E-state index contributed by atoms with van der Waals surface area (Å²) in [6, 6.07) is 6.71. The molecule has 2 aromatic rings. The minimum absolute atomic E-state index is 0.0529. The minimum atomic E-state index is -0.500. The number of halogens is 1. The number of aliphatic imine (C=N–C) groups is 2. The zero-order valence-electron chi connectivity index (χ0n) is 11.9. The molecule has 1 aromatic heterocycles. The standard InChI is InChI=1S/C15H11ClN4O2S/c1-8-12(18-7-17-8)6-11-13(21)19-15(23)20(14(11)22)10-4-2-9(16)3-5-10/h2-7,22H,1H3,(H,19,21,23). The molecular weight excluding hydrogens is 336 g/mol. The van der Waals surface area contributed by atoms with E-state index in [0.29, 0.717) is 22.1 Å². The van der Waals surface area contributed by atoms with E-state index in [1.54, 1.807) is 31.2 Å². The highest BCUT2D eigenvalue weighted by atomic mass is 35.5. The van der Waals surface area contributed by atoms with E-state index in [0.717, 1.165) is 0 Å². The van der Waals surface area contributed by atoms with Crippen molar-refractivity contribution in [1.29, 1.82) is 0 Å². The predicted molar refractivity (Wildman–Crippen MR) is 93.5 cm³/mol. The Morgan fingerprint density at radius 1 is 1.35 bits per heavy atom. The number of nitrogens with zero attached hydrogens (tertiary/aromatic N) is 3. The monoisotopic (exact) mass is 346 g/mol. The van der Waals surface area contributed by atoms with Crippen molar-refractivity contribution in [2.45, 2.75) is 6.92 Å². The van der Waals surface area contributed by atoms with Gasteiger partial charge in [0, 0.05) is 5.02 Å². The number of aromatic nitrogens is 2. The van der Waals surface area contributed by atoms with Gasteiger partial charge in [0.2, 0.25) is 5.88 Å². The fraction of sp³-hybridized carbons (Fsp3) is 0.0667. The van der Waals surface area contributed by atoms with Crippen LogP contribution in [0.25, 0.3) is 11.8 Å². The summed E-state index contributed by atoms with van der Waals surface area (Å²) >= 11 is 11.0. The summed E-state index contributed by atoms with van der Waals surface area (Å²) in [5.41, 5.74) is 1.29. The maximum Gasteiger partial charge on any atom is 0.262 e. The van der Waals surface area contributed by atoms with Crippen molar-refractivity contribution in [2.75, 3.05) is 0 Å². The number of hydrogen-bond donors (Lipinski definition) is 2. The average Bonchev–Trinajstić information content (AvgIpc) is 2.90. The first-order valence-corrected chi connectivity index (χ1v) is 7.39. The topological polar surface area (TPSA) is 82.7 Å². The number of hydrogen-bond acceptors (Lipinski definition) is 5. The number of nitrogens with one attached hydrogen (secondary N) is 1. The van der Waals surface area contributed by atoms with Crippen molar-refractivity contribution in [3.63, 3.8) is 0 Å². The number of aromatic amines is 1. The number of H-pyrrole nitrogens is 1. The summed E-state index contributed by atoms with van der Waals surface area (Å²) in [5.74, 6) is -0.275. The van der Waals surface area contributed by atoms with Crippen molar-refractivity contribution in [3.8, 4) is 11.6 Å². The molecule has 0 saturated carbocycles. The van der Waals surface area contributed by atoms with Gasteiger partial charge >= 0.3 is 0 Å². The van der Waals surface area contributed by atoms with Crippen LogP contribution < -0.4 is 5.56 Å². The quantitative estimate of drug-likeness (QED) is 0.820. The second kappa shape index (κ2) is 5.94. The van der Waals surface area contributed by atoms with Gasteiger partial charge in [-0.05, 0) is 49.5 Å². The summed E-state index contributed by atoms with van der Waals surface area (Å²) < 4.78 is 1.43. The molecule has 2 heterocycles. The van der Waals surface area contributed by atoms with Gasteiger partial charge in [0.25, 0.3) is 5.56 Å². The van der Waals surface area contributed by atoms with E-state index >= 15 is 0 Å². The van der Waals surface area contributed by atoms with Crippen LogP contribution in [0.5, 0.6) is 5.88 Å².